The molecule has 2 aromatic carbocycles. The number of imidazole rings is 3. The van der Waals surface area contributed by atoms with E-state index in [2.05, 4.69) is 49.9 Å². The van der Waals surface area contributed by atoms with E-state index in [4.69, 9.17) is 96.5 Å². The number of carbonyl (C=O) groups is 2. The molecule has 0 aliphatic carbocycles. The molecule has 12 N–H and O–H groups in total. The Hall–Kier alpha value is -6.65. The maximum atomic E-state index is 12.9. The van der Waals surface area contributed by atoms with Gasteiger partial charge in [0.2, 0.25) is 17.8 Å². The Morgan fingerprint density at radius 1 is 0.697 bits per heavy atom. The van der Waals surface area contributed by atoms with Gasteiger partial charge in [-0.05, 0) is 84.0 Å². The molecule has 0 spiro atoms. The van der Waals surface area contributed by atoms with E-state index in [0.717, 1.165) is 6.42 Å². The second-order valence-corrected chi connectivity index (χ2v) is 26.1. The van der Waals surface area contributed by atoms with Gasteiger partial charge in [-0.1, -0.05) is 85.0 Å². The molecule has 6 aromatic heterocycles. The van der Waals surface area contributed by atoms with Crippen molar-refractivity contribution in [2.45, 2.75) is 140 Å². The summed E-state index contributed by atoms with van der Waals surface area (Å²) in [4.78, 5) is 61.9. The molecule has 3 aliphatic heterocycles. The summed E-state index contributed by atoms with van der Waals surface area (Å²) < 4.78 is 45.6. The molecule has 9 heterocycles. The molecule has 1 unspecified atom stereocenters. The molecule has 0 amide bonds. The number of anilines is 3. The van der Waals surface area contributed by atoms with Crippen molar-refractivity contribution in [2.24, 2.45) is 5.92 Å². The van der Waals surface area contributed by atoms with Crippen LogP contribution in [0.5, 0.6) is 5.75 Å². The number of nitrogen functional groups attached to an aromatic ring is 3. The van der Waals surface area contributed by atoms with Gasteiger partial charge in [-0.3, -0.25) is 18.5 Å². The Morgan fingerprint density at radius 2 is 1.12 bits per heavy atom. The molecule has 478 valence electrons. The van der Waals surface area contributed by atoms with Crippen LogP contribution in [0.15, 0.2) is 79.6 Å². The number of aromatic nitrogens is 12. The van der Waals surface area contributed by atoms with Gasteiger partial charge in [0.25, 0.3) is 0 Å². The minimum Gasteiger partial charge on any atom is -0.462 e. The third kappa shape index (κ3) is 13.7. The molecule has 0 saturated carbocycles. The third-order valence-electron chi connectivity index (χ3n) is 15.1. The highest BCUT2D eigenvalue weighted by Crippen LogP contribution is 2.50. The maximum Gasteiger partial charge on any atom is 0.338 e. The van der Waals surface area contributed by atoms with Crippen LogP contribution in [0.3, 0.4) is 0 Å². The number of nitrogens with zero attached hydrogens (tertiary/aromatic N) is 12. The van der Waals surface area contributed by atoms with Crippen molar-refractivity contribution in [3.63, 3.8) is 0 Å². The number of ether oxygens (including phenoxy) is 5. The van der Waals surface area contributed by atoms with Crippen molar-refractivity contribution in [1.29, 1.82) is 0 Å². The van der Waals surface area contributed by atoms with Gasteiger partial charge in [0.1, 0.15) is 64.0 Å². The Bertz CT molecular complexity index is 3900. The molecular weight excluding hydrogens is 1270 g/mol. The molecule has 89 heavy (non-hydrogen) atoms. The number of benzene rings is 2. The van der Waals surface area contributed by atoms with E-state index in [1.54, 1.807) is 80.2 Å². The Balaban J connectivity index is 0.000000166. The Morgan fingerprint density at radius 3 is 1.56 bits per heavy atom. The van der Waals surface area contributed by atoms with Crippen molar-refractivity contribution >= 4 is 117 Å². The fraction of sp³-hybridized carbons (Fsp3) is 0.463. The summed E-state index contributed by atoms with van der Waals surface area (Å²) in [6.45, 7) is 9.63. The van der Waals surface area contributed by atoms with E-state index in [0.29, 0.717) is 28.0 Å². The molecule has 11 rings (SSSR count). The molecule has 14 atom stereocenters. The zero-order chi connectivity index (χ0) is 64.7. The van der Waals surface area contributed by atoms with Gasteiger partial charge < -0.3 is 75.5 Å². The van der Waals surface area contributed by atoms with Gasteiger partial charge in [-0.25, -0.2) is 24.8 Å². The lowest BCUT2D eigenvalue weighted by Crippen LogP contribution is -2.44. The largest absolute Gasteiger partial charge is 0.462 e. The van der Waals surface area contributed by atoms with Crippen LogP contribution in [0, 0.1) is 5.92 Å². The first kappa shape index (κ1) is 66.8. The zero-order valence-electron chi connectivity index (χ0n) is 49.0. The van der Waals surface area contributed by atoms with Crippen LogP contribution in [-0.4, -0.2) is 169 Å². The summed E-state index contributed by atoms with van der Waals surface area (Å²) in [5, 5.41) is 55.1. The molecule has 3 aliphatic rings. The van der Waals surface area contributed by atoms with Gasteiger partial charge in [0, 0.05) is 5.92 Å². The second kappa shape index (κ2) is 26.7. The number of nitrogens with two attached hydrogens (primary N) is 3. The molecule has 3 fully saturated rings. The highest BCUT2D eigenvalue weighted by Gasteiger charge is 2.57. The number of rotatable bonds is 16. The van der Waals surface area contributed by atoms with Crippen molar-refractivity contribution in [3.8, 4) is 5.75 Å². The number of halogens is 3. The SMILES string of the molecule is CC(C)OC(=O)[C@H](C)NP(=S)(OC[C@H]1O[C@@H](n2cnc3c(Cl)nc(N)nc32)[C@](C)(O)[C@@H]1O)Oc1ccccc1.CC[C@H]1O[C@@H](n2cnc3c(Cl)nc(N)nc32)[C@](C)(OC(=O)c2ccccc2)[C@@H]1C.C[C@@]1(O)[C@H](O)[C@@H](CO)O[C@H]1n1cnc2c(Cl)nc(N)nc21. The quantitative estimate of drug-likeness (QED) is 0.0349. The number of fused-ring (bicyclic) bond motifs is 3. The normalized spacial score (nSPS) is 27.6. The number of hydrogen-bond acceptors (Lipinski definition) is 27. The zero-order valence-corrected chi connectivity index (χ0v) is 53.0. The molecule has 3 saturated heterocycles. The highest BCUT2D eigenvalue weighted by atomic mass is 35.5. The van der Waals surface area contributed by atoms with Crippen LogP contribution in [0.25, 0.3) is 33.5 Å². The summed E-state index contributed by atoms with van der Waals surface area (Å²) in [5.41, 5.74) is 15.0. The molecule has 0 radical (unpaired) electrons. The second-order valence-electron chi connectivity index (χ2n) is 21.9. The number of para-hydroxylation sites is 1. The van der Waals surface area contributed by atoms with Gasteiger partial charge >= 0.3 is 18.6 Å². The summed E-state index contributed by atoms with van der Waals surface area (Å²) in [6, 6.07) is 16.7. The summed E-state index contributed by atoms with van der Waals surface area (Å²) in [5.74, 6) is -0.723. The topological polar surface area (TPSA) is 421 Å². The fourth-order valence-electron chi connectivity index (χ4n) is 10.3. The molecular formula is C54H66Cl3N16O14PS. The minimum absolute atomic E-state index is 0.0317. The average molecular weight is 1330 g/mol. The van der Waals surface area contributed by atoms with Crippen molar-refractivity contribution in [2.75, 3.05) is 30.4 Å². The van der Waals surface area contributed by atoms with Crippen LogP contribution >= 0.6 is 41.4 Å². The standard InChI is InChI=1S/C23H30ClN6O7PS.C20H22ClN5O3.C11H14ClN5O4/c1-12(2)35-20(32)13(3)29-38(39,37-14-8-6-5-7-9-14)34-10-15-17(31)23(4,33)21(36-15)30-11-26-16-18(24)27-22(25)28-19(16)30;1-4-13-11(2)20(3,29-17(27)12-8-6-5-7-9-12)18(28-13)26-10-23-14-15(21)24-19(22)25-16(14)26;1-11(20)6(19)4(2-18)21-9(11)17-3-14-5-7(12)15-10(13)16-8(5)17/h5-9,11-13,15,17,21,31,33H,10H2,1-4H3,(H,29,39)(H2,25,27,28);5-11,13,18H,4H2,1-3H3,(H2,22,24,25);3-4,6,9,18-20H,2H2,1H3,(H2,13,15,16)/t13-,15+,17+,21+,23+,38?;11-,13-,18-,20-;4-,6-,9-,11-/m011/s1. The number of hydrogen-bond donors (Lipinski definition) is 9. The number of carbonyl (C=O) groups excluding carboxylic acids is 2. The molecule has 0 bridgehead atoms. The van der Waals surface area contributed by atoms with Crippen molar-refractivity contribution < 1.29 is 67.9 Å². The summed E-state index contributed by atoms with van der Waals surface area (Å²) in [7, 11) is 0. The van der Waals surface area contributed by atoms with Crippen LogP contribution in [-0.2, 0) is 44.8 Å². The lowest BCUT2D eigenvalue weighted by atomic mass is 9.86. The van der Waals surface area contributed by atoms with Gasteiger partial charge in [0.15, 0.2) is 56.7 Å². The first-order valence-electron chi connectivity index (χ1n) is 27.6. The Kier molecular flexibility index (Phi) is 20.0. The smallest absolute Gasteiger partial charge is 0.338 e. The number of aliphatic hydroxyl groups excluding tert-OH is 3. The van der Waals surface area contributed by atoms with E-state index in [9.17, 15) is 35.1 Å². The predicted molar refractivity (Wildman–Crippen MR) is 327 cm³/mol. The van der Waals surface area contributed by atoms with E-state index in [1.807, 2.05) is 32.9 Å². The Labute approximate surface area is 528 Å². The van der Waals surface area contributed by atoms with E-state index in [-0.39, 0.29) is 74.8 Å². The van der Waals surface area contributed by atoms with Crippen LogP contribution < -0.4 is 26.8 Å². The summed E-state index contributed by atoms with van der Waals surface area (Å²) in [6.07, 6.45) is -2.85. The average Bonchev–Trinajstić information content (AvgIpc) is 1.63. The lowest BCUT2D eigenvalue weighted by molar-refractivity contribution is -0.149. The number of aliphatic hydroxyl groups is 5. The number of esters is 2. The first-order chi connectivity index (χ1) is 42.0. The van der Waals surface area contributed by atoms with Gasteiger partial charge in [-0.2, -0.15) is 29.9 Å². The molecule has 8 aromatic rings. The monoisotopic (exact) mass is 1330 g/mol. The first-order valence-corrected chi connectivity index (χ1v) is 31.4. The lowest BCUT2D eigenvalue weighted by Gasteiger charge is -2.33. The van der Waals surface area contributed by atoms with Crippen LogP contribution in [0.4, 0.5) is 17.8 Å². The fourth-order valence-corrected chi connectivity index (χ4v) is 13.3. The predicted octanol–water partition coefficient (Wildman–Crippen LogP) is 5.01. The van der Waals surface area contributed by atoms with E-state index < -0.39 is 91.1 Å². The number of nitrogens with one attached hydrogen (secondary N) is 1. The van der Waals surface area contributed by atoms with Crippen LogP contribution in [0.2, 0.25) is 15.5 Å². The van der Waals surface area contributed by atoms with Crippen molar-refractivity contribution in [1.82, 2.24) is 63.6 Å². The van der Waals surface area contributed by atoms with Crippen LogP contribution in [0.1, 0.15) is 90.9 Å². The summed E-state index contributed by atoms with van der Waals surface area (Å²) >= 11 is 23.9. The van der Waals surface area contributed by atoms with E-state index in [1.165, 1.54) is 35.6 Å². The van der Waals surface area contributed by atoms with Crippen molar-refractivity contribution in [3.05, 3.63) is 101 Å². The third-order valence-corrected chi connectivity index (χ3v) is 18.3. The molecule has 35 heteroatoms. The highest BCUT2D eigenvalue weighted by molar-refractivity contribution is 8.09. The van der Waals surface area contributed by atoms with E-state index >= 15 is 0 Å². The van der Waals surface area contributed by atoms with Gasteiger partial charge in [-0.15, -0.1) is 0 Å². The minimum atomic E-state index is -3.41. The molecule has 30 nitrogen and oxygen atoms in total. The van der Waals surface area contributed by atoms with Gasteiger partial charge in [0.05, 0.1) is 50.0 Å². The maximum absolute atomic E-state index is 12.9.